The zero-order chi connectivity index (χ0) is 14.8. The minimum absolute atomic E-state index is 0.0797. The summed E-state index contributed by atoms with van der Waals surface area (Å²) in [4.78, 5) is 18.9. The lowest BCUT2D eigenvalue weighted by Gasteiger charge is -2.33. The molecule has 0 N–H and O–H groups in total. The van der Waals surface area contributed by atoms with E-state index in [1.807, 2.05) is 11.8 Å². The molecule has 0 unspecified atom stereocenters. The molecule has 1 atom stereocenters. The van der Waals surface area contributed by atoms with Crippen LogP contribution in [-0.2, 0) is 9.53 Å². The summed E-state index contributed by atoms with van der Waals surface area (Å²) in [5.74, 6) is 1.12. The third-order valence-electron chi connectivity index (χ3n) is 4.28. The number of rotatable bonds is 2. The molecule has 1 aromatic rings. The molecule has 0 aromatic carbocycles. The Balaban J connectivity index is 1.84. The van der Waals surface area contributed by atoms with Gasteiger partial charge < -0.3 is 14.2 Å². The van der Waals surface area contributed by atoms with E-state index in [9.17, 15) is 4.79 Å². The summed E-state index contributed by atoms with van der Waals surface area (Å²) in [7, 11) is 0. The van der Waals surface area contributed by atoms with Crippen molar-refractivity contribution < 1.29 is 14.1 Å². The highest BCUT2D eigenvalue weighted by molar-refractivity contribution is 5.94. The van der Waals surface area contributed by atoms with Gasteiger partial charge in [-0.3, -0.25) is 4.79 Å². The molecule has 2 heterocycles. The summed E-state index contributed by atoms with van der Waals surface area (Å²) in [6, 6.07) is -0.274. The second-order valence-corrected chi connectivity index (χ2v) is 5.70. The van der Waals surface area contributed by atoms with Gasteiger partial charge in [0.1, 0.15) is 6.04 Å². The van der Waals surface area contributed by atoms with Gasteiger partial charge in [0, 0.05) is 12.1 Å². The Morgan fingerprint density at radius 1 is 1.33 bits per heavy atom. The van der Waals surface area contributed by atoms with E-state index >= 15 is 0 Å². The highest BCUT2D eigenvalue weighted by Gasteiger charge is 2.33. The Hall–Kier alpha value is -1.69. The third kappa shape index (κ3) is 2.85. The molecule has 3 rings (SSSR count). The molecule has 1 amide bonds. The molecule has 6 nitrogen and oxygen atoms in total. The van der Waals surface area contributed by atoms with E-state index in [1.54, 1.807) is 6.92 Å². The van der Waals surface area contributed by atoms with E-state index in [4.69, 9.17) is 9.26 Å². The number of aromatic nitrogens is 2. The van der Waals surface area contributed by atoms with E-state index in [-0.39, 0.29) is 11.9 Å². The molecular formula is C15H21N3O3. The topological polar surface area (TPSA) is 68.5 Å². The van der Waals surface area contributed by atoms with Gasteiger partial charge in [-0.2, -0.15) is 4.98 Å². The van der Waals surface area contributed by atoms with Gasteiger partial charge in [-0.05, 0) is 39.5 Å². The molecule has 1 aliphatic carbocycles. The number of morpholine rings is 1. The van der Waals surface area contributed by atoms with Crippen molar-refractivity contribution in [2.45, 2.75) is 45.6 Å². The predicted octanol–water partition coefficient (Wildman–Crippen LogP) is 2.17. The molecule has 0 spiro atoms. The molecule has 2 fully saturated rings. The van der Waals surface area contributed by atoms with Gasteiger partial charge in [0.25, 0.3) is 5.89 Å². The minimum atomic E-state index is -0.274. The van der Waals surface area contributed by atoms with Gasteiger partial charge in [-0.15, -0.1) is 0 Å². The van der Waals surface area contributed by atoms with E-state index in [1.165, 1.54) is 18.4 Å². The van der Waals surface area contributed by atoms with Gasteiger partial charge in [-0.25, -0.2) is 0 Å². The lowest BCUT2D eigenvalue weighted by Crippen LogP contribution is -2.44. The second-order valence-electron chi connectivity index (χ2n) is 5.70. The number of hydrogen-bond acceptors (Lipinski definition) is 5. The summed E-state index contributed by atoms with van der Waals surface area (Å²) >= 11 is 0. The van der Waals surface area contributed by atoms with Gasteiger partial charge in [0.2, 0.25) is 5.91 Å². The summed E-state index contributed by atoms with van der Waals surface area (Å²) < 4.78 is 10.7. The molecule has 6 heteroatoms. The minimum Gasteiger partial charge on any atom is -0.377 e. The molecule has 1 saturated carbocycles. The zero-order valence-electron chi connectivity index (χ0n) is 12.6. The molecule has 114 valence electrons. The number of nitrogens with zero attached hydrogens (tertiary/aromatic N) is 3. The average molecular weight is 291 g/mol. The van der Waals surface area contributed by atoms with E-state index in [0.717, 1.165) is 18.4 Å². The van der Waals surface area contributed by atoms with Crippen LogP contribution < -0.4 is 0 Å². The van der Waals surface area contributed by atoms with Crippen molar-refractivity contribution in [1.82, 2.24) is 15.0 Å². The number of aryl methyl sites for hydroxylation is 1. The largest absolute Gasteiger partial charge is 0.377 e. The molecule has 0 radical (unpaired) electrons. The van der Waals surface area contributed by atoms with Crippen LogP contribution >= 0.6 is 0 Å². The average Bonchev–Trinajstić information content (AvgIpc) is 3.17. The SMILES string of the molecule is CC(C(=O)N1CCOC[C@H]1c1nc(C)no1)=C1CCCC1. The standard InChI is InChI=1S/C15H21N3O3/c1-10(12-5-3-4-6-12)15(19)18-7-8-20-9-13(18)14-16-11(2)17-21-14/h13H,3-9H2,1-2H3/t13-/m0/s1. The molecule has 1 saturated heterocycles. The van der Waals surface area contributed by atoms with Crippen molar-refractivity contribution in [1.29, 1.82) is 0 Å². The number of carbonyl (C=O) groups is 1. The fourth-order valence-electron chi connectivity index (χ4n) is 3.04. The van der Waals surface area contributed by atoms with Gasteiger partial charge in [-0.1, -0.05) is 10.7 Å². The summed E-state index contributed by atoms with van der Waals surface area (Å²) in [5, 5.41) is 3.82. The van der Waals surface area contributed by atoms with E-state index in [2.05, 4.69) is 10.1 Å². The number of allylic oxidation sites excluding steroid dienone is 1. The van der Waals surface area contributed by atoms with Crippen molar-refractivity contribution >= 4 is 5.91 Å². The number of ether oxygens (including phenoxy) is 1. The quantitative estimate of drug-likeness (QED) is 0.781. The lowest BCUT2D eigenvalue weighted by atomic mass is 10.1. The van der Waals surface area contributed by atoms with Crippen molar-refractivity contribution in [2.75, 3.05) is 19.8 Å². The molecule has 0 bridgehead atoms. The Bertz CT molecular complexity index is 556. The highest BCUT2D eigenvalue weighted by Crippen LogP contribution is 2.30. The van der Waals surface area contributed by atoms with Crippen LogP contribution in [0.4, 0.5) is 0 Å². The Morgan fingerprint density at radius 2 is 2.10 bits per heavy atom. The van der Waals surface area contributed by atoms with Gasteiger partial charge in [0.15, 0.2) is 5.82 Å². The first kappa shape index (κ1) is 14.3. The maximum absolute atomic E-state index is 12.8. The van der Waals surface area contributed by atoms with Crippen molar-refractivity contribution in [3.8, 4) is 0 Å². The van der Waals surface area contributed by atoms with Crippen molar-refractivity contribution in [2.24, 2.45) is 0 Å². The molecular weight excluding hydrogens is 270 g/mol. The normalized spacial score (nSPS) is 22.7. The van der Waals surface area contributed by atoms with Gasteiger partial charge >= 0.3 is 0 Å². The Kier molecular flexibility index (Phi) is 4.05. The monoisotopic (exact) mass is 291 g/mol. The first-order chi connectivity index (χ1) is 10.2. The van der Waals surface area contributed by atoms with E-state index in [0.29, 0.717) is 31.5 Å². The smallest absolute Gasteiger partial charge is 0.251 e. The summed E-state index contributed by atoms with van der Waals surface area (Å²) in [6.45, 7) is 5.24. The van der Waals surface area contributed by atoms with Crippen LogP contribution in [0.5, 0.6) is 0 Å². The van der Waals surface area contributed by atoms with Crippen LogP contribution in [-0.4, -0.2) is 40.7 Å². The Labute approximate surface area is 124 Å². The lowest BCUT2D eigenvalue weighted by molar-refractivity contribution is -0.137. The van der Waals surface area contributed by atoms with Crippen LogP contribution in [0.3, 0.4) is 0 Å². The van der Waals surface area contributed by atoms with Crippen LogP contribution in [0.15, 0.2) is 15.7 Å². The summed E-state index contributed by atoms with van der Waals surface area (Å²) in [5.41, 5.74) is 2.18. The first-order valence-corrected chi connectivity index (χ1v) is 7.54. The van der Waals surface area contributed by atoms with Crippen molar-refractivity contribution in [3.63, 3.8) is 0 Å². The maximum atomic E-state index is 12.8. The van der Waals surface area contributed by atoms with E-state index < -0.39 is 0 Å². The number of carbonyl (C=O) groups excluding carboxylic acids is 1. The Morgan fingerprint density at radius 3 is 2.76 bits per heavy atom. The molecule has 1 aromatic heterocycles. The third-order valence-corrected chi connectivity index (χ3v) is 4.28. The van der Waals surface area contributed by atoms with Gasteiger partial charge in [0.05, 0.1) is 13.2 Å². The second kappa shape index (κ2) is 5.97. The molecule has 2 aliphatic rings. The fourth-order valence-corrected chi connectivity index (χ4v) is 3.04. The maximum Gasteiger partial charge on any atom is 0.251 e. The van der Waals surface area contributed by atoms with Crippen LogP contribution in [0, 0.1) is 6.92 Å². The zero-order valence-corrected chi connectivity index (χ0v) is 12.6. The van der Waals surface area contributed by atoms with Crippen molar-refractivity contribution in [3.05, 3.63) is 22.9 Å². The van der Waals surface area contributed by atoms with Crippen LogP contribution in [0.25, 0.3) is 0 Å². The number of hydrogen-bond donors (Lipinski definition) is 0. The fraction of sp³-hybridized carbons (Fsp3) is 0.667. The van der Waals surface area contributed by atoms with Crippen LogP contribution in [0.2, 0.25) is 0 Å². The predicted molar refractivity (Wildman–Crippen MR) is 75.5 cm³/mol. The molecule has 21 heavy (non-hydrogen) atoms. The molecule has 1 aliphatic heterocycles. The first-order valence-electron chi connectivity index (χ1n) is 7.54. The van der Waals surface area contributed by atoms with Crippen LogP contribution in [0.1, 0.15) is 50.4 Å². The highest BCUT2D eigenvalue weighted by atomic mass is 16.5. The number of amides is 1. The summed E-state index contributed by atoms with van der Waals surface area (Å²) in [6.07, 6.45) is 4.48.